The summed E-state index contributed by atoms with van der Waals surface area (Å²) in [5, 5.41) is 10.2. The van der Waals surface area contributed by atoms with Crippen molar-refractivity contribution in [3.05, 3.63) is 35.1 Å². The number of halogens is 3. The lowest BCUT2D eigenvalue weighted by Crippen LogP contribution is -2.36. The number of amides is 2. The van der Waals surface area contributed by atoms with Gasteiger partial charge in [-0.3, -0.25) is 14.8 Å². The molecule has 0 fully saturated rings. The van der Waals surface area contributed by atoms with E-state index in [1.165, 1.54) is 5.48 Å². The fraction of sp³-hybridized carbons (Fsp3) is 0.200. The molecule has 5 nitrogen and oxygen atoms in total. The van der Waals surface area contributed by atoms with Crippen molar-refractivity contribution >= 4 is 11.8 Å². The van der Waals surface area contributed by atoms with Crippen LogP contribution in [-0.4, -0.2) is 23.6 Å². The second kappa shape index (κ2) is 6.01. The third kappa shape index (κ3) is 3.45. The Labute approximate surface area is 99.6 Å². The molecular weight excluding hydrogens is 253 g/mol. The van der Waals surface area contributed by atoms with Gasteiger partial charge >= 0.3 is 0 Å². The van der Waals surface area contributed by atoms with E-state index in [0.29, 0.717) is 6.07 Å². The van der Waals surface area contributed by atoms with Gasteiger partial charge in [0.15, 0.2) is 17.5 Å². The number of benzene rings is 1. The Bertz CT molecular complexity index is 480. The summed E-state index contributed by atoms with van der Waals surface area (Å²) in [6.07, 6.45) is -0.554. The molecule has 0 bridgehead atoms. The van der Waals surface area contributed by atoms with Gasteiger partial charge in [-0.2, -0.15) is 0 Å². The summed E-state index contributed by atoms with van der Waals surface area (Å²) >= 11 is 0. The second-order valence-corrected chi connectivity index (χ2v) is 3.32. The quantitative estimate of drug-likeness (QED) is 0.414. The summed E-state index contributed by atoms with van der Waals surface area (Å²) in [6.45, 7) is -0.513. The lowest BCUT2D eigenvalue weighted by molar-refractivity contribution is -0.131. The molecule has 2 amide bonds. The van der Waals surface area contributed by atoms with Crippen LogP contribution in [0.15, 0.2) is 12.1 Å². The highest BCUT2D eigenvalue weighted by Crippen LogP contribution is 2.15. The minimum Gasteiger partial charge on any atom is -0.347 e. The van der Waals surface area contributed by atoms with Crippen molar-refractivity contribution in [3.63, 3.8) is 0 Å². The van der Waals surface area contributed by atoms with Gasteiger partial charge in [0, 0.05) is 5.56 Å². The van der Waals surface area contributed by atoms with Crippen LogP contribution in [0.2, 0.25) is 0 Å². The first-order valence-electron chi connectivity index (χ1n) is 4.77. The fourth-order valence-electron chi connectivity index (χ4n) is 1.16. The van der Waals surface area contributed by atoms with Gasteiger partial charge in [-0.05, 0) is 6.07 Å². The van der Waals surface area contributed by atoms with Crippen molar-refractivity contribution in [2.75, 3.05) is 6.54 Å². The van der Waals surface area contributed by atoms with Gasteiger partial charge in [0.1, 0.15) is 0 Å². The SMILES string of the molecule is O=C(CNC(=O)Cc1ccc(F)c(F)c1F)NO. The summed E-state index contributed by atoms with van der Waals surface area (Å²) in [6, 6.07) is 1.63. The summed E-state index contributed by atoms with van der Waals surface area (Å²) in [4.78, 5) is 21.8. The van der Waals surface area contributed by atoms with E-state index < -0.39 is 42.2 Å². The molecule has 3 N–H and O–H groups in total. The number of carbonyl (C=O) groups is 2. The van der Waals surface area contributed by atoms with E-state index in [4.69, 9.17) is 5.21 Å². The molecule has 0 heterocycles. The van der Waals surface area contributed by atoms with Crippen LogP contribution < -0.4 is 10.8 Å². The van der Waals surface area contributed by atoms with Gasteiger partial charge in [-0.25, -0.2) is 18.7 Å². The highest BCUT2D eigenvalue weighted by molar-refractivity contribution is 5.85. The van der Waals surface area contributed by atoms with Crippen LogP contribution in [0.3, 0.4) is 0 Å². The van der Waals surface area contributed by atoms with E-state index in [1.54, 1.807) is 0 Å². The van der Waals surface area contributed by atoms with E-state index in [9.17, 15) is 22.8 Å². The zero-order valence-corrected chi connectivity index (χ0v) is 8.97. The predicted molar refractivity (Wildman–Crippen MR) is 53.0 cm³/mol. The first-order valence-corrected chi connectivity index (χ1v) is 4.77. The third-order valence-corrected chi connectivity index (χ3v) is 2.04. The van der Waals surface area contributed by atoms with Crippen molar-refractivity contribution in [3.8, 4) is 0 Å². The van der Waals surface area contributed by atoms with Crippen molar-refractivity contribution in [1.82, 2.24) is 10.8 Å². The normalized spacial score (nSPS) is 10.0. The summed E-state index contributed by atoms with van der Waals surface area (Å²) < 4.78 is 38.6. The molecule has 0 spiro atoms. The van der Waals surface area contributed by atoms with Crippen LogP contribution in [-0.2, 0) is 16.0 Å². The van der Waals surface area contributed by atoms with Crippen LogP contribution >= 0.6 is 0 Å². The van der Waals surface area contributed by atoms with Crippen molar-refractivity contribution in [2.45, 2.75) is 6.42 Å². The Kier molecular flexibility index (Phi) is 4.67. The lowest BCUT2D eigenvalue weighted by atomic mass is 10.1. The predicted octanol–water partition coefficient (Wildman–Crippen LogP) is 0.268. The lowest BCUT2D eigenvalue weighted by Gasteiger charge is -2.05. The van der Waals surface area contributed by atoms with Crippen LogP contribution in [0.25, 0.3) is 0 Å². The minimum absolute atomic E-state index is 0.337. The number of rotatable bonds is 4. The van der Waals surface area contributed by atoms with E-state index in [2.05, 4.69) is 0 Å². The van der Waals surface area contributed by atoms with Gasteiger partial charge < -0.3 is 5.32 Å². The smallest absolute Gasteiger partial charge is 0.262 e. The second-order valence-electron chi connectivity index (χ2n) is 3.32. The molecule has 0 atom stereocenters. The van der Waals surface area contributed by atoms with E-state index in [-0.39, 0.29) is 5.56 Å². The molecule has 0 aliphatic carbocycles. The Morgan fingerprint density at radius 1 is 1.11 bits per heavy atom. The first kappa shape index (κ1) is 14.0. The number of hydrogen-bond donors (Lipinski definition) is 3. The number of hydroxylamine groups is 1. The average Bonchev–Trinajstić information content (AvgIpc) is 2.36. The highest BCUT2D eigenvalue weighted by Gasteiger charge is 2.15. The van der Waals surface area contributed by atoms with Crippen LogP contribution in [0.1, 0.15) is 5.56 Å². The van der Waals surface area contributed by atoms with Gasteiger partial charge in [-0.1, -0.05) is 6.07 Å². The van der Waals surface area contributed by atoms with Crippen LogP contribution in [0.5, 0.6) is 0 Å². The van der Waals surface area contributed by atoms with Crippen molar-refractivity contribution in [2.24, 2.45) is 0 Å². The fourth-order valence-corrected chi connectivity index (χ4v) is 1.16. The maximum absolute atomic E-state index is 13.2. The molecule has 1 rings (SSSR count). The topological polar surface area (TPSA) is 78.4 Å². The average molecular weight is 262 g/mol. The molecule has 1 aromatic carbocycles. The summed E-state index contributed by atoms with van der Waals surface area (Å²) in [5.74, 6) is -6.10. The van der Waals surface area contributed by atoms with Gasteiger partial charge in [0.05, 0.1) is 13.0 Å². The molecule has 8 heteroatoms. The Morgan fingerprint density at radius 2 is 1.78 bits per heavy atom. The Balaban J connectivity index is 2.65. The maximum Gasteiger partial charge on any atom is 0.262 e. The summed E-state index contributed by atoms with van der Waals surface area (Å²) in [7, 11) is 0. The molecule has 0 radical (unpaired) electrons. The van der Waals surface area contributed by atoms with E-state index in [1.807, 2.05) is 5.32 Å². The van der Waals surface area contributed by atoms with Crippen LogP contribution in [0, 0.1) is 17.5 Å². The molecule has 0 aliphatic rings. The number of hydrogen-bond acceptors (Lipinski definition) is 3. The monoisotopic (exact) mass is 262 g/mol. The van der Waals surface area contributed by atoms with Crippen molar-refractivity contribution < 1.29 is 28.0 Å². The number of nitrogens with one attached hydrogen (secondary N) is 2. The standard InChI is InChI=1S/C10H9F3N2O3/c11-6-2-1-5(9(12)10(6)13)3-7(16)14-4-8(17)15-18/h1-2,18H,3-4H2,(H,14,16)(H,15,17). The molecule has 0 unspecified atom stereocenters. The highest BCUT2D eigenvalue weighted by atomic mass is 19.2. The Hall–Kier alpha value is -2.09. The molecule has 0 aromatic heterocycles. The minimum atomic E-state index is -1.66. The van der Waals surface area contributed by atoms with Gasteiger partial charge in [0.2, 0.25) is 5.91 Å². The molecule has 18 heavy (non-hydrogen) atoms. The zero-order valence-electron chi connectivity index (χ0n) is 8.97. The molecule has 1 aromatic rings. The molecule has 98 valence electrons. The van der Waals surface area contributed by atoms with E-state index in [0.717, 1.165) is 6.07 Å². The molecular formula is C10H9F3N2O3. The van der Waals surface area contributed by atoms with Gasteiger partial charge in [-0.15, -0.1) is 0 Å². The summed E-state index contributed by atoms with van der Waals surface area (Å²) in [5.41, 5.74) is 0.938. The largest absolute Gasteiger partial charge is 0.347 e. The Morgan fingerprint density at radius 3 is 2.39 bits per heavy atom. The zero-order chi connectivity index (χ0) is 13.7. The van der Waals surface area contributed by atoms with Crippen LogP contribution in [0.4, 0.5) is 13.2 Å². The van der Waals surface area contributed by atoms with E-state index >= 15 is 0 Å². The first-order chi connectivity index (χ1) is 8.45. The van der Waals surface area contributed by atoms with Crippen molar-refractivity contribution in [1.29, 1.82) is 0 Å². The number of carbonyl (C=O) groups excluding carboxylic acids is 2. The molecule has 0 saturated carbocycles. The molecule has 0 saturated heterocycles. The maximum atomic E-state index is 13.2. The van der Waals surface area contributed by atoms with Gasteiger partial charge in [0.25, 0.3) is 5.91 Å². The molecule has 0 aliphatic heterocycles. The third-order valence-electron chi connectivity index (χ3n) is 2.04.